The highest BCUT2D eigenvalue weighted by Gasteiger charge is 2.30. The molecule has 2 aromatic rings. The van der Waals surface area contributed by atoms with Gasteiger partial charge in [0, 0.05) is 18.2 Å². The van der Waals surface area contributed by atoms with Crippen LogP contribution in [0.2, 0.25) is 0 Å². The molecule has 2 rings (SSSR count). The molecule has 0 bridgehead atoms. The minimum Gasteiger partial charge on any atom is -0.494 e. The van der Waals surface area contributed by atoms with E-state index >= 15 is 0 Å². The molecule has 0 aliphatic heterocycles. The Morgan fingerprint density at radius 1 is 1.22 bits per heavy atom. The summed E-state index contributed by atoms with van der Waals surface area (Å²) in [7, 11) is 0. The van der Waals surface area contributed by atoms with Crippen LogP contribution in [0, 0.1) is 0 Å². The van der Waals surface area contributed by atoms with Crippen molar-refractivity contribution < 1.29 is 24.2 Å². The standard InChI is InChI=1S/C19H23N3O5/c1-13(23)14-6-8-16(9-7-14)27-10-4-5-17(24)21-15-11-20-22(12-15)19(2,3)18(25)26/h6-9,11-12H,4-5,10H2,1-3H3,(H,21,24)(H,25,26). The first kappa shape index (κ1) is 20.2. The lowest BCUT2D eigenvalue weighted by Crippen LogP contribution is -2.35. The summed E-state index contributed by atoms with van der Waals surface area (Å²) in [5.74, 6) is -0.596. The summed E-state index contributed by atoms with van der Waals surface area (Å²) in [6.07, 6.45) is 3.66. The van der Waals surface area contributed by atoms with Crippen molar-refractivity contribution in [3.63, 3.8) is 0 Å². The van der Waals surface area contributed by atoms with E-state index in [1.165, 1.54) is 37.8 Å². The second-order valence-electron chi connectivity index (χ2n) is 6.62. The van der Waals surface area contributed by atoms with Gasteiger partial charge in [0.15, 0.2) is 11.3 Å². The van der Waals surface area contributed by atoms with E-state index in [0.29, 0.717) is 30.0 Å². The molecule has 0 saturated heterocycles. The summed E-state index contributed by atoms with van der Waals surface area (Å²) in [4.78, 5) is 34.4. The fourth-order valence-corrected chi connectivity index (χ4v) is 2.22. The lowest BCUT2D eigenvalue weighted by Gasteiger charge is -2.19. The van der Waals surface area contributed by atoms with E-state index in [-0.39, 0.29) is 18.1 Å². The van der Waals surface area contributed by atoms with Crippen LogP contribution in [-0.4, -0.2) is 39.2 Å². The maximum atomic E-state index is 12.0. The Morgan fingerprint density at radius 2 is 1.89 bits per heavy atom. The molecule has 0 aliphatic carbocycles. The zero-order valence-electron chi connectivity index (χ0n) is 15.6. The summed E-state index contributed by atoms with van der Waals surface area (Å²) in [5, 5.41) is 15.9. The number of anilines is 1. The molecular weight excluding hydrogens is 350 g/mol. The molecule has 0 aliphatic rings. The van der Waals surface area contributed by atoms with Crippen LogP contribution in [0.4, 0.5) is 5.69 Å². The number of carbonyl (C=O) groups excluding carboxylic acids is 2. The molecule has 8 heteroatoms. The Hall–Kier alpha value is -3.16. The van der Waals surface area contributed by atoms with E-state index in [9.17, 15) is 19.5 Å². The SMILES string of the molecule is CC(=O)c1ccc(OCCCC(=O)Nc2cnn(C(C)(C)C(=O)O)c2)cc1. The van der Waals surface area contributed by atoms with Crippen molar-refractivity contribution in [2.75, 3.05) is 11.9 Å². The Bertz CT molecular complexity index is 824. The quantitative estimate of drug-likeness (QED) is 0.516. The molecule has 27 heavy (non-hydrogen) atoms. The van der Waals surface area contributed by atoms with Crippen molar-refractivity contribution in [1.82, 2.24) is 9.78 Å². The molecule has 0 spiro atoms. The van der Waals surface area contributed by atoms with Gasteiger partial charge in [-0.2, -0.15) is 5.10 Å². The van der Waals surface area contributed by atoms with Crippen LogP contribution >= 0.6 is 0 Å². The maximum Gasteiger partial charge on any atom is 0.331 e. The molecule has 0 unspecified atom stereocenters. The fourth-order valence-electron chi connectivity index (χ4n) is 2.22. The number of rotatable bonds is 9. The molecule has 0 atom stereocenters. The van der Waals surface area contributed by atoms with Crippen LogP contribution in [0.25, 0.3) is 0 Å². The average molecular weight is 373 g/mol. The lowest BCUT2D eigenvalue weighted by molar-refractivity contribution is -0.146. The number of amides is 1. The van der Waals surface area contributed by atoms with Gasteiger partial charge in [0.25, 0.3) is 0 Å². The zero-order valence-corrected chi connectivity index (χ0v) is 15.6. The van der Waals surface area contributed by atoms with Crippen LogP contribution in [0.3, 0.4) is 0 Å². The first-order valence-corrected chi connectivity index (χ1v) is 8.52. The van der Waals surface area contributed by atoms with Gasteiger partial charge in [-0.1, -0.05) is 0 Å². The summed E-state index contributed by atoms with van der Waals surface area (Å²) < 4.78 is 6.83. The van der Waals surface area contributed by atoms with Crippen LogP contribution in [0.15, 0.2) is 36.7 Å². The third-order valence-electron chi connectivity index (χ3n) is 4.04. The predicted molar refractivity (Wildman–Crippen MR) is 99.0 cm³/mol. The molecule has 1 aromatic carbocycles. The minimum atomic E-state index is -1.20. The van der Waals surface area contributed by atoms with Gasteiger partial charge in [-0.3, -0.25) is 14.3 Å². The summed E-state index contributed by atoms with van der Waals surface area (Å²) in [6, 6.07) is 6.83. The third kappa shape index (κ3) is 5.40. The number of hydrogen-bond donors (Lipinski definition) is 2. The molecule has 1 heterocycles. The number of ether oxygens (including phenoxy) is 1. The van der Waals surface area contributed by atoms with Crippen molar-refractivity contribution in [3.05, 3.63) is 42.2 Å². The van der Waals surface area contributed by atoms with Gasteiger partial charge in [-0.05, 0) is 51.5 Å². The number of nitrogens with one attached hydrogen (secondary N) is 1. The number of benzene rings is 1. The van der Waals surface area contributed by atoms with Gasteiger partial charge in [0.1, 0.15) is 5.75 Å². The number of aromatic nitrogens is 2. The first-order valence-electron chi connectivity index (χ1n) is 8.52. The Labute approximate surface area is 157 Å². The van der Waals surface area contributed by atoms with Gasteiger partial charge < -0.3 is 15.2 Å². The Balaban J connectivity index is 1.76. The van der Waals surface area contributed by atoms with Crippen molar-refractivity contribution >= 4 is 23.3 Å². The Morgan fingerprint density at radius 3 is 2.48 bits per heavy atom. The zero-order chi connectivity index (χ0) is 20.0. The second-order valence-corrected chi connectivity index (χ2v) is 6.62. The van der Waals surface area contributed by atoms with E-state index in [2.05, 4.69) is 10.4 Å². The molecule has 1 amide bonds. The van der Waals surface area contributed by atoms with E-state index in [1.54, 1.807) is 24.3 Å². The van der Waals surface area contributed by atoms with E-state index < -0.39 is 11.5 Å². The highest BCUT2D eigenvalue weighted by molar-refractivity contribution is 5.94. The molecule has 2 N–H and O–H groups in total. The largest absolute Gasteiger partial charge is 0.494 e. The normalized spacial score (nSPS) is 11.1. The molecule has 144 valence electrons. The monoisotopic (exact) mass is 373 g/mol. The molecule has 0 fully saturated rings. The van der Waals surface area contributed by atoms with Gasteiger partial charge in [-0.25, -0.2) is 4.79 Å². The van der Waals surface area contributed by atoms with Crippen LogP contribution in [-0.2, 0) is 15.1 Å². The minimum absolute atomic E-state index is 0.00622. The summed E-state index contributed by atoms with van der Waals surface area (Å²) in [6.45, 7) is 4.90. The number of carbonyl (C=O) groups is 3. The maximum absolute atomic E-state index is 12.0. The predicted octanol–water partition coefficient (Wildman–Crippen LogP) is 2.70. The highest BCUT2D eigenvalue weighted by Crippen LogP contribution is 2.17. The second kappa shape index (κ2) is 8.48. The topological polar surface area (TPSA) is 111 Å². The third-order valence-corrected chi connectivity index (χ3v) is 4.04. The number of ketones is 1. The van der Waals surface area contributed by atoms with Gasteiger partial charge in [0.05, 0.1) is 18.5 Å². The number of aliphatic carboxylic acids is 1. The molecule has 1 aromatic heterocycles. The molecule has 0 saturated carbocycles. The van der Waals surface area contributed by atoms with Crippen LogP contribution in [0.1, 0.15) is 44.0 Å². The Kier molecular flexibility index (Phi) is 6.33. The van der Waals surface area contributed by atoms with E-state index in [4.69, 9.17) is 4.74 Å². The van der Waals surface area contributed by atoms with E-state index in [0.717, 1.165) is 0 Å². The van der Waals surface area contributed by atoms with Crippen molar-refractivity contribution in [2.45, 2.75) is 39.2 Å². The summed E-state index contributed by atoms with van der Waals surface area (Å²) in [5.41, 5.74) is -0.141. The van der Waals surface area contributed by atoms with Crippen molar-refractivity contribution in [1.29, 1.82) is 0 Å². The number of nitrogens with zero attached hydrogens (tertiary/aromatic N) is 2. The average Bonchev–Trinajstić information content (AvgIpc) is 3.08. The number of Topliss-reactive ketones (excluding diaryl/α,β-unsaturated/α-hetero) is 1. The van der Waals surface area contributed by atoms with Crippen molar-refractivity contribution in [3.8, 4) is 5.75 Å². The number of hydrogen-bond acceptors (Lipinski definition) is 5. The summed E-state index contributed by atoms with van der Waals surface area (Å²) >= 11 is 0. The fraction of sp³-hybridized carbons (Fsp3) is 0.368. The number of carboxylic acids is 1. The molecule has 0 radical (unpaired) electrons. The van der Waals surface area contributed by atoms with E-state index in [1.807, 2.05) is 0 Å². The molecule has 8 nitrogen and oxygen atoms in total. The smallest absolute Gasteiger partial charge is 0.331 e. The van der Waals surface area contributed by atoms with Gasteiger partial charge in [0.2, 0.25) is 5.91 Å². The van der Waals surface area contributed by atoms with Crippen molar-refractivity contribution in [2.24, 2.45) is 0 Å². The molecular formula is C19H23N3O5. The first-order chi connectivity index (χ1) is 12.7. The van der Waals surface area contributed by atoms with Gasteiger partial charge in [-0.15, -0.1) is 0 Å². The number of carboxylic acid groups (broad SMARTS) is 1. The lowest BCUT2D eigenvalue weighted by atomic mass is 10.1. The van der Waals surface area contributed by atoms with Crippen LogP contribution in [0.5, 0.6) is 5.75 Å². The highest BCUT2D eigenvalue weighted by atomic mass is 16.5. The van der Waals surface area contributed by atoms with Gasteiger partial charge >= 0.3 is 5.97 Å². The van der Waals surface area contributed by atoms with Crippen LogP contribution < -0.4 is 10.1 Å².